The summed E-state index contributed by atoms with van der Waals surface area (Å²) in [5.74, 6) is -1.35. The molecule has 0 saturated carbocycles. The third-order valence-corrected chi connectivity index (χ3v) is 2.61. The molecule has 0 aliphatic heterocycles. The van der Waals surface area contributed by atoms with Crippen LogP contribution in [0.5, 0.6) is 0 Å². The summed E-state index contributed by atoms with van der Waals surface area (Å²) in [5.41, 5.74) is -0.247. The van der Waals surface area contributed by atoms with E-state index in [2.05, 4.69) is 22.4 Å². The lowest BCUT2D eigenvalue weighted by molar-refractivity contribution is -0.385. The van der Waals surface area contributed by atoms with Gasteiger partial charge in [0.2, 0.25) is 4.77 Å². The molecule has 7 nitrogen and oxygen atoms in total. The van der Waals surface area contributed by atoms with Crippen LogP contribution in [0.25, 0.3) is 0 Å². The maximum atomic E-state index is 12.7. The fourth-order valence-electron chi connectivity index (χ4n) is 1.47. The minimum Gasteiger partial charge on any atom is -0.258 e. The summed E-state index contributed by atoms with van der Waals surface area (Å²) in [5, 5.41) is 19.3. The lowest BCUT2D eigenvalue weighted by Gasteiger charge is -2.04. The molecule has 2 aromatic rings. The molecule has 1 aromatic heterocycles. The highest BCUT2D eigenvalue weighted by Crippen LogP contribution is 2.27. The van der Waals surface area contributed by atoms with Crippen molar-refractivity contribution >= 4 is 24.1 Å². The van der Waals surface area contributed by atoms with Gasteiger partial charge >= 0.3 is 6.18 Å². The topological polar surface area (TPSA) is 89.1 Å². The van der Waals surface area contributed by atoms with E-state index < -0.39 is 16.9 Å². The molecule has 0 bridgehead atoms. The molecular weight excluding hydrogens is 311 g/mol. The molecule has 0 unspecified atom stereocenters. The largest absolute Gasteiger partial charge is 0.453 e. The molecule has 0 amide bonds. The predicted molar refractivity (Wildman–Crippen MR) is 68.5 cm³/mol. The quantitative estimate of drug-likeness (QED) is 0.408. The number of nitrogens with one attached hydrogen (secondary N) is 1. The van der Waals surface area contributed by atoms with E-state index in [0.717, 1.165) is 6.21 Å². The number of aromatic nitrogens is 3. The summed E-state index contributed by atoms with van der Waals surface area (Å²) in [7, 11) is 0. The first kappa shape index (κ1) is 14.8. The average Bonchev–Trinajstić information content (AvgIpc) is 2.77. The first-order valence-electron chi connectivity index (χ1n) is 5.33. The molecule has 0 saturated heterocycles. The molecule has 1 N–H and O–H groups in total. The van der Waals surface area contributed by atoms with Gasteiger partial charge in [0, 0.05) is 6.07 Å². The highest BCUT2D eigenvalue weighted by atomic mass is 32.1. The molecule has 1 heterocycles. The van der Waals surface area contributed by atoms with Crippen LogP contribution in [-0.4, -0.2) is 26.0 Å². The Bertz CT molecular complexity index is 765. The van der Waals surface area contributed by atoms with Crippen LogP contribution >= 0.6 is 12.2 Å². The van der Waals surface area contributed by atoms with Crippen LogP contribution in [-0.2, 0) is 6.18 Å². The average molecular weight is 317 g/mol. The molecule has 2 rings (SSSR count). The number of aromatic amines is 1. The Hall–Kier alpha value is -2.56. The number of hydrogen-bond acceptors (Lipinski definition) is 5. The number of nitrogens with zero attached hydrogens (tertiary/aromatic N) is 4. The van der Waals surface area contributed by atoms with Gasteiger partial charge in [-0.15, -0.1) is 5.10 Å². The van der Waals surface area contributed by atoms with Crippen LogP contribution < -0.4 is 0 Å². The minimum absolute atomic E-state index is 0.0405. The van der Waals surface area contributed by atoms with E-state index in [1.807, 2.05) is 5.10 Å². The van der Waals surface area contributed by atoms with Crippen molar-refractivity contribution in [2.45, 2.75) is 6.18 Å². The van der Waals surface area contributed by atoms with Gasteiger partial charge in [-0.25, -0.2) is 5.10 Å². The second kappa shape index (κ2) is 5.44. The fraction of sp³-hybridized carbons (Fsp3) is 0.100. The summed E-state index contributed by atoms with van der Waals surface area (Å²) in [6.45, 7) is 0. The van der Waals surface area contributed by atoms with Gasteiger partial charge in [-0.3, -0.25) is 10.1 Å². The van der Waals surface area contributed by atoms with E-state index in [1.54, 1.807) is 0 Å². The normalized spacial score (nSPS) is 12.0. The molecular formula is C10H6F3N5O2S. The molecule has 1 aromatic carbocycles. The summed E-state index contributed by atoms with van der Waals surface area (Å²) in [4.78, 5) is 10.1. The van der Waals surface area contributed by atoms with Crippen molar-refractivity contribution in [3.8, 4) is 0 Å². The van der Waals surface area contributed by atoms with Crippen LogP contribution in [0.4, 0.5) is 18.9 Å². The molecule has 110 valence electrons. The molecule has 11 heteroatoms. The Labute approximate surface area is 119 Å². The number of para-hydroxylation sites is 1. The Kier molecular flexibility index (Phi) is 3.84. The van der Waals surface area contributed by atoms with E-state index in [1.165, 1.54) is 24.3 Å². The van der Waals surface area contributed by atoms with Gasteiger partial charge in [0.1, 0.15) is 0 Å². The van der Waals surface area contributed by atoms with Gasteiger partial charge in [-0.1, -0.05) is 12.1 Å². The summed E-state index contributed by atoms with van der Waals surface area (Å²) in [6, 6.07) is 5.48. The van der Waals surface area contributed by atoms with E-state index >= 15 is 0 Å². The Morgan fingerprint density at radius 1 is 1.43 bits per heavy atom. The van der Waals surface area contributed by atoms with Crippen molar-refractivity contribution in [2.75, 3.05) is 0 Å². The van der Waals surface area contributed by atoms with E-state index in [4.69, 9.17) is 0 Å². The summed E-state index contributed by atoms with van der Waals surface area (Å²) >= 11 is 4.64. The molecule has 0 aliphatic rings. The Balaban J connectivity index is 2.47. The molecule has 0 spiro atoms. The van der Waals surface area contributed by atoms with Gasteiger partial charge in [-0.05, 0) is 18.3 Å². The zero-order valence-electron chi connectivity index (χ0n) is 10.0. The number of benzene rings is 1. The predicted octanol–water partition coefficient (Wildman–Crippen LogP) is 2.75. The number of hydrogen-bond donors (Lipinski definition) is 1. The second-order valence-corrected chi connectivity index (χ2v) is 4.11. The summed E-state index contributed by atoms with van der Waals surface area (Å²) < 4.78 is 38.0. The Morgan fingerprint density at radius 3 is 2.71 bits per heavy atom. The third-order valence-electron chi connectivity index (χ3n) is 2.35. The van der Waals surface area contributed by atoms with Crippen LogP contribution in [0.15, 0.2) is 29.4 Å². The lowest BCUT2D eigenvalue weighted by atomic mass is 10.2. The van der Waals surface area contributed by atoms with Gasteiger partial charge in [-0.2, -0.15) is 22.9 Å². The SMILES string of the molecule is O=[N+]([O-])c1ccccc1/C=N\n1c(C(F)(F)F)n[nH]c1=S. The molecule has 0 atom stereocenters. The van der Waals surface area contributed by atoms with Gasteiger partial charge in [0.25, 0.3) is 11.5 Å². The Morgan fingerprint density at radius 2 is 2.10 bits per heavy atom. The smallest absolute Gasteiger partial charge is 0.258 e. The standard InChI is InChI=1S/C10H6F3N5O2S/c11-10(12,13)8-15-16-9(21)17(8)14-5-6-3-1-2-4-7(6)18(19)20/h1-5H,(H,16,21)/b14-5-. The van der Waals surface area contributed by atoms with Crippen molar-refractivity contribution < 1.29 is 18.1 Å². The maximum absolute atomic E-state index is 12.7. The second-order valence-electron chi connectivity index (χ2n) is 3.72. The minimum atomic E-state index is -4.76. The molecule has 0 fully saturated rings. The number of halogens is 3. The van der Waals surface area contributed by atoms with E-state index in [9.17, 15) is 23.3 Å². The zero-order chi connectivity index (χ0) is 15.6. The number of nitro groups is 1. The maximum Gasteiger partial charge on any atom is 0.453 e. The number of H-pyrrole nitrogens is 1. The van der Waals surface area contributed by atoms with Crippen LogP contribution in [0, 0.1) is 14.9 Å². The van der Waals surface area contributed by atoms with Gasteiger partial charge in [0.15, 0.2) is 0 Å². The molecule has 0 aliphatic carbocycles. The number of alkyl halides is 3. The lowest BCUT2D eigenvalue weighted by Crippen LogP contribution is -2.12. The monoisotopic (exact) mass is 317 g/mol. The zero-order valence-corrected chi connectivity index (χ0v) is 10.9. The van der Waals surface area contributed by atoms with Crippen LogP contribution in [0.3, 0.4) is 0 Å². The van der Waals surface area contributed by atoms with Crippen molar-refractivity contribution in [3.05, 3.63) is 50.5 Å². The first-order chi connectivity index (χ1) is 9.80. The van der Waals surface area contributed by atoms with Crippen LogP contribution in [0.1, 0.15) is 11.4 Å². The number of rotatable bonds is 3. The van der Waals surface area contributed by atoms with Gasteiger partial charge < -0.3 is 0 Å². The van der Waals surface area contributed by atoms with Crippen molar-refractivity contribution in [3.63, 3.8) is 0 Å². The van der Waals surface area contributed by atoms with Gasteiger partial charge in [0.05, 0.1) is 16.7 Å². The fourth-order valence-corrected chi connectivity index (χ4v) is 1.64. The van der Waals surface area contributed by atoms with Crippen LogP contribution in [0.2, 0.25) is 0 Å². The van der Waals surface area contributed by atoms with E-state index in [0.29, 0.717) is 4.68 Å². The molecule has 21 heavy (non-hydrogen) atoms. The third kappa shape index (κ3) is 3.13. The van der Waals surface area contributed by atoms with Crippen molar-refractivity contribution in [2.24, 2.45) is 5.10 Å². The highest BCUT2D eigenvalue weighted by Gasteiger charge is 2.37. The number of nitro benzene ring substituents is 1. The van der Waals surface area contributed by atoms with Crippen molar-refractivity contribution in [1.82, 2.24) is 14.9 Å². The van der Waals surface area contributed by atoms with Crippen molar-refractivity contribution in [1.29, 1.82) is 0 Å². The van der Waals surface area contributed by atoms with E-state index in [-0.39, 0.29) is 16.0 Å². The highest BCUT2D eigenvalue weighted by molar-refractivity contribution is 7.71. The first-order valence-corrected chi connectivity index (χ1v) is 5.74. The molecule has 0 radical (unpaired) electrons. The summed E-state index contributed by atoms with van der Waals surface area (Å²) in [6.07, 6.45) is -3.84.